The van der Waals surface area contributed by atoms with Gasteiger partial charge < -0.3 is 19.5 Å². The first kappa shape index (κ1) is 25.4. The molecule has 2 unspecified atom stereocenters. The quantitative estimate of drug-likeness (QED) is 0.453. The molecule has 2 aliphatic heterocycles. The highest BCUT2D eigenvalue weighted by Gasteiger charge is 2.61. The molecule has 34 heavy (non-hydrogen) atoms. The number of likely N-dealkylation sites (tertiary alicyclic amines) is 1. The second-order valence-corrected chi connectivity index (χ2v) is 9.67. The number of benzene rings is 2. The van der Waals surface area contributed by atoms with Gasteiger partial charge in [0.05, 0.1) is 18.8 Å². The van der Waals surface area contributed by atoms with E-state index in [1.54, 1.807) is 0 Å². The number of halogens is 2. The first-order valence-electron chi connectivity index (χ1n) is 12.4. The summed E-state index contributed by atoms with van der Waals surface area (Å²) in [5, 5.41) is 3.92. The smallest absolute Gasteiger partial charge is 0.214 e. The Morgan fingerprint density at radius 1 is 1.18 bits per heavy atom. The Bertz CT molecular complexity index is 922. The van der Waals surface area contributed by atoms with E-state index >= 15 is 0 Å². The molecule has 0 bridgehead atoms. The van der Waals surface area contributed by atoms with Crippen LogP contribution in [0.2, 0.25) is 5.02 Å². The second-order valence-electron chi connectivity index (χ2n) is 9.24. The molecule has 0 spiro atoms. The minimum Gasteiger partial charge on any atom is -0.490 e. The van der Waals surface area contributed by atoms with Gasteiger partial charge in [0.25, 0.3) is 0 Å². The average molecular weight is 491 g/mol. The lowest BCUT2D eigenvalue weighted by atomic mass is 9.72. The van der Waals surface area contributed by atoms with Crippen LogP contribution in [0.3, 0.4) is 0 Å². The van der Waals surface area contributed by atoms with E-state index < -0.39 is 11.3 Å². The summed E-state index contributed by atoms with van der Waals surface area (Å²) in [6, 6.07) is 14.2. The second kappa shape index (κ2) is 11.4. The zero-order chi connectivity index (χ0) is 24.0. The summed E-state index contributed by atoms with van der Waals surface area (Å²) in [6.07, 6.45) is 4.47. The molecule has 0 radical (unpaired) electrons. The van der Waals surface area contributed by atoms with Gasteiger partial charge in [-0.25, -0.2) is 4.39 Å². The number of rotatable bonds is 10. The van der Waals surface area contributed by atoms with Crippen molar-refractivity contribution in [3.63, 3.8) is 0 Å². The van der Waals surface area contributed by atoms with Gasteiger partial charge in [0, 0.05) is 30.1 Å². The molecule has 5 nitrogen and oxygen atoms in total. The first-order chi connectivity index (χ1) is 16.5. The summed E-state index contributed by atoms with van der Waals surface area (Å²) in [5.41, 5.74) is 0.410. The molecule has 2 heterocycles. The Labute approximate surface area is 207 Å². The summed E-state index contributed by atoms with van der Waals surface area (Å²) in [4.78, 5) is 2.54. The first-order valence-corrected chi connectivity index (χ1v) is 12.8. The van der Waals surface area contributed by atoms with E-state index in [9.17, 15) is 4.39 Å². The van der Waals surface area contributed by atoms with Crippen molar-refractivity contribution in [1.82, 2.24) is 10.2 Å². The topological polar surface area (TPSA) is 43.0 Å². The fourth-order valence-electron chi connectivity index (χ4n) is 5.69. The predicted molar refractivity (Wildman–Crippen MR) is 133 cm³/mol. The molecule has 2 aliphatic rings. The van der Waals surface area contributed by atoms with Crippen molar-refractivity contribution < 1.29 is 18.6 Å². The molecule has 4 rings (SSSR count). The molecular formula is C27H36ClFN2O3. The SMILES string of the molecule is CCCC1(C2(c3ccc(F)cc3)OCCO2)CC(Oc2cccc(Cl)c2)CCN1CCCNC. The number of hydrogen-bond acceptors (Lipinski definition) is 5. The van der Waals surface area contributed by atoms with Gasteiger partial charge in [-0.15, -0.1) is 0 Å². The monoisotopic (exact) mass is 490 g/mol. The third kappa shape index (κ3) is 5.12. The molecule has 2 atom stereocenters. The molecular weight excluding hydrogens is 455 g/mol. The molecule has 2 fully saturated rings. The molecule has 0 aromatic heterocycles. The predicted octanol–water partition coefficient (Wildman–Crippen LogP) is 5.37. The number of hydrogen-bond donors (Lipinski definition) is 1. The Morgan fingerprint density at radius 2 is 1.94 bits per heavy atom. The molecule has 2 saturated heterocycles. The molecule has 2 aromatic rings. The molecule has 0 amide bonds. The lowest BCUT2D eigenvalue weighted by molar-refractivity contribution is -0.272. The van der Waals surface area contributed by atoms with Crippen LogP contribution in [0, 0.1) is 5.82 Å². The van der Waals surface area contributed by atoms with Crippen LogP contribution in [0.5, 0.6) is 5.75 Å². The van der Waals surface area contributed by atoms with Gasteiger partial charge >= 0.3 is 0 Å². The van der Waals surface area contributed by atoms with Gasteiger partial charge in [-0.05, 0) is 63.2 Å². The van der Waals surface area contributed by atoms with E-state index in [2.05, 4.69) is 17.1 Å². The number of nitrogens with zero attached hydrogens (tertiary/aromatic N) is 1. The van der Waals surface area contributed by atoms with Gasteiger partial charge in [-0.3, -0.25) is 4.90 Å². The number of ether oxygens (including phenoxy) is 3. The van der Waals surface area contributed by atoms with E-state index in [-0.39, 0.29) is 11.9 Å². The van der Waals surface area contributed by atoms with E-state index in [1.165, 1.54) is 12.1 Å². The number of nitrogens with one attached hydrogen (secondary N) is 1. The van der Waals surface area contributed by atoms with Crippen molar-refractivity contribution in [3.8, 4) is 5.75 Å². The maximum absolute atomic E-state index is 13.9. The maximum Gasteiger partial charge on any atom is 0.214 e. The minimum atomic E-state index is -0.979. The van der Waals surface area contributed by atoms with Crippen molar-refractivity contribution in [1.29, 1.82) is 0 Å². The lowest BCUT2D eigenvalue weighted by Gasteiger charge is -2.57. The summed E-state index contributed by atoms with van der Waals surface area (Å²) in [7, 11) is 1.98. The van der Waals surface area contributed by atoms with Crippen LogP contribution in [-0.2, 0) is 15.3 Å². The highest BCUT2D eigenvalue weighted by Crippen LogP contribution is 2.52. The Hall–Kier alpha value is -1.70. The normalized spacial score (nSPS) is 24.9. The molecule has 0 aliphatic carbocycles. The van der Waals surface area contributed by atoms with E-state index in [1.807, 2.05) is 43.4 Å². The molecule has 2 aromatic carbocycles. The van der Waals surface area contributed by atoms with Crippen LogP contribution < -0.4 is 10.1 Å². The van der Waals surface area contributed by atoms with Gasteiger partial charge in [0.15, 0.2) is 0 Å². The molecule has 1 N–H and O–H groups in total. The summed E-state index contributed by atoms with van der Waals surface area (Å²) in [5.74, 6) is -0.471. The average Bonchev–Trinajstić information content (AvgIpc) is 3.33. The van der Waals surface area contributed by atoms with Gasteiger partial charge in [0.1, 0.15) is 17.7 Å². The van der Waals surface area contributed by atoms with Crippen molar-refractivity contribution in [3.05, 3.63) is 64.9 Å². The van der Waals surface area contributed by atoms with Crippen molar-refractivity contribution in [2.24, 2.45) is 0 Å². The highest BCUT2D eigenvalue weighted by atomic mass is 35.5. The van der Waals surface area contributed by atoms with Crippen LogP contribution >= 0.6 is 11.6 Å². The highest BCUT2D eigenvalue weighted by molar-refractivity contribution is 6.30. The van der Waals surface area contributed by atoms with Crippen LogP contribution in [0.25, 0.3) is 0 Å². The Morgan fingerprint density at radius 3 is 2.62 bits per heavy atom. The van der Waals surface area contributed by atoms with Crippen LogP contribution in [-0.4, -0.2) is 56.4 Å². The van der Waals surface area contributed by atoms with Crippen molar-refractivity contribution in [2.75, 3.05) is 39.9 Å². The molecule has 7 heteroatoms. The Kier molecular flexibility index (Phi) is 8.48. The fraction of sp³-hybridized carbons (Fsp3) is 0.556. The third-order valence-electron chi connectivity index (χ3n) is 7.04. The van der Waals surface area contributed by atoms with E-state index in [4.69, 9.17) is 25.8 Å². The number of piperidine rings is 1. The maximum atomic E-state index is 13.9. The van der Waals surface area contributed by atoms with E-state index in [0.29, 0.717) is 18.2 Å². The van der Waals surface area contributed by atoms with Crippen LogP contribution in [0.15, 0.2) is 48.5 Å². The molecule has 0 saturated carbocycles. The van der Waals surface area contributed by atoms with Crippen LogP contribution in [0.4, 0.5) is 4.39 Å². The zero-order valence-electron chi connectivity index (χ0n) is 20.2. The van der Waals surface area contributed by atoms with Gasteiger partial charge in [0.2, 0.25) is 5.79 Å². The minimum absolute atomic E-state index is 0.0179. The summed E-state index contributed by atoms with van der Waals surface area (Å²) in [6.45, 7) is 5.93. The zero-order valence-corrected chi connectivity index (χ0v) is 21.0. The van der Waals surface area contributed by atoms with Crippen molar-refractivity contribution in [2.45, 2.75) is 56.5 Å². The van der Waals surface area contributed by atoms with E-state index in [0.717, 1.165) is 63.1 Å². The lowest BCUT2D eigenvalue weighted by Crippen LogP contribution is -2.67. The van der Waals surface area contributed by atoms with Gasteiger partial charge in [-0.2, -0.15) is 0 Å². The standard InChI is InChI=1S/C27H36ClFN2O3/c1-3-13-26(27(32-17-18-33-27)21-8-10-23(29)11-9-21)20-25(12-16-31(26)15-5-14-30-2)34-24-7-4-6-22(28)19-24/h4,6-11,19,25,30H,3,5,12-18,20H2,1-2H3. The third-order valence-corrected chi connectivity index (χ3v) is 7.27. The van der Waals surface area contributed by atoms with Crippen molar-refractivity contribution >= 4 is 11.6 Å². The summed E-state index contributed by atoms with van der Waals surface area (Å²) >= 11 is 6.22. The summed E-state index contributed by atoms with van der Waals surface area (Å²) < 4.78 is 33.4. The van der Waals surface area contributed by atoms with Gasteiger partial charge in [-0.1, -0.05) is 43.1 Å². The largest absolute Gasteiger partial charge is 0.490 e. The Balaban J connectivity index is 1.74. The van der Waals surface area contributed by atoms with Crippen LogP contribution in [0.1, 0.15) is 44.6 Å². The molecule has 186 valence electrons. The fourth-order valence-corrected chi connectivity index (χ4v) is 5.87.